The van der Waals surface area contributed by atoms with E-state index in [0.29, 0.717) is 24.8 Å². The zero-order valence-electron chi connectivity index (χ0n) is 16.8. The smallest absolute Gasteiger partial charge is 0.241 e. The molecule has 1 fully saturated rings. The zero-order chi connectivity index (χ0) is 20.8. The molecule has 0 aliphatic carbocycles. The van der Waals surface area contributed by atoms with Crippen LogP contribution in [0, 0.1) is 11.7 Å². The van der Waals surface area contributed by atoms with Crippen LogP contribution in [0.4, 0.5) is 4.39 Å². The Kier molecular flexibility index (Phi) is 6.49. The number of carbonyl (C=O) groups is 1. The van der Waals surface area contributed by atoms with Crippen molar-refractivity contribution in [2.45, 2.75) is 25.8 Å². The number of hydrogen-bond donors (Lipinski definition) is 1. The summed E-state index contributed by atoms with van der Waals surface area (Å²) in [6.07, 6.45) is 2.48. The number of carbonyl (C=O) groups excluding carboxylic acids is 1. The third-order valence-corrected chi connectivity index (χ3v) is 5.44. The molecule has 0 atom stereocenters. The Morgan fingerprint density at radius 3 is 2.57 bits per heavy atom. The number of likely N-dealkylation sites (tertiary alicyclic amines) is 1. The van der Waals surface area contributed by atoms with Crippen LogP contribution in [0.15, 0.2) is 59.1 Å². The molecule has 1 aromatic heterocycles. The molecular weight excluding hydrogens is 383 g/mol. The van der Waals surface area contributed by atoms with Crippen LogP contribution in [0.25, 0.3) is 11.4 Å². The van der Waals surface area contributed by atoms with Gasteiger partial charge in [0, 0.05) is 18.0 Å². The fourth-order valence-electron chi connectivity index (χ4n) is 3.70. The molecule has 2 heterocycles. The minimum atomic E-state index is -0.297. The molecule has 0 spiro atoms. The molecule has 2 aromatic carbocycles. The molecule has 1 amide bonds. The number of benzene rings is 2. The van der Waals surface area contributed by atoms with Gasteiger partial charge >= 0.3 is 0 Å². The van der Waals surface area contributed by atoms with Crippen molar-refractivity contribution in [1.82, 2.24) is 20.4 Å². The van der Waals surface area contributed by atoms with Crippen molar-refractivity contribution in [2.75, 3.05) is 19.6 Å². The number of piperidine rings is 1. The largest absolute Gasteiger partial charge is 0.356 e. The Balaban J connectivity index is 1.21. The second kappa shape index (κ2) is 9.63. The summed E-state index contributed by atoms with van der Waals surface area (Å²) >= 11 is 0. The van der Waals surface area contributed by atoms with Crippen LogP contribution in [0.3, 0.4) is 0 Å². The monoisotopic (exact) mass is 408 g/mol. The van der Waals surface area contributed by atoms with Crippen molar-refractivity contribution >= 4 is 5.91 Å². The van der Waals surface area contributed by atoms with E-state index in [2.05, 4.69) is 32.5 Å². The van der Waals surface area contributed by atoms with E-state index in [1.54, 1.807) is 12.1 Å². The van der Waals surface area contributed by atoms with E-state index in [-0.39, 0.29) is 17.6 Å². The molecule has 0 radical (unpaired) electrons. The van der Waals surface area contributed by atoms with Gasteiger partial charge in [-0.15, -0.1) is 0 Å². The predicted octanol–water partition coefficient (Wildman–Crippen LogP) is 3.45. The first-order valence-corrected chi connectivity index (χ1v) is 10.3. The van der Waals surface area contributed by atoms with E-state index < -0.39 is 0 Å². The number of rotatable bonds is 7. The molecule has 3 aromatic rings. The van der Waals surface area contributed by atoms with E-state index in [0.717, 1.165) is 37.9 Å². The average molecular weight is 408 g/mol. The van der Waals surface area contributed by atoms with Gasteiger partial charge in [-0.2, -0.15) is 4.98 Å². The van der Waals surface area contributed by atoms with Crippen LogP contribution in [-0.4, -0.2) is 40.6 Å². The summed E-state index contributed by atoms with van der Waals surface area (Å²) in [5.74, 6) is 0.878. The Labute approximate surface area is 175 Å². The van der Waals surface area contributed by atoms with E-state index >= 15 is 0 Å². The van der Waals surface area contributed by atoms with Gasteiger partial charge in [0.1, 0.15) is 5.82 Å². The highest BCUT2D eigenvalue weighted by Gasteiger charge is 2.25. The number of nitrogens with zero attached hydrogens (tertiary/aromatic N) is 3. The molecule has 30 heavy (non-hydrogen) atoms. The Bertz CT molecular complexity index is 951. The van der Waals surface area contributed by atoms with Gasteiger partial charge in [-0.1, -0.05) is 35.5 Å². The first-order valence-electron chi connectivity index (χ1n) is 10.3. The van der Waals surface area contributed by atoms with Gasteiger partial charge < -0.3 is 9.84 Å². The fraction of sp³-hybridized carbons (Fsp3) is 0.348. The SMILES string of the molecule is O=C(NCCc1ccccc1)C1CCN(Cc2nc(-c3ccc(F)cc3)no2)CC1. The lowest BCUT2D eigenvalue weighted by Gasteiger charge is -2.30. The third kappa shape index (κ3) is 5.30. The average Bonchev–Trinajstić information content (AvgIpc) is 3.24. The summed E-state index contributed by atoms with van der Waals surface area (Å²) in [5.41, 5.74) is 1.95. The first kappa shape index (κ1) is 20.2. The van der Waals surface area contributed by atoms with Gasteiger partial charge in [0.15, 0.2) is 0 Å². The van der Waals surface area contributed by atoms with Crippen LogP contribution in [-0.2, 0) is 17.8 Å². The van der Waals surface area contributed by atoms with Gasteiger partial charge in [0.2, 0.25) is 17.6 Å². The van der Waals surface area contributed by atoms with Crippen molar-refractivity contribution in [2.24, 2.45) is 5.92 Å². The highest BCUT2D eigenvalue weighted by molar-refractivity contribution is 5.78. The molecule has 1 N–H and O–H groups in total. The minimum Gasteiger partial charge on any atom is -0.356 e. The lowest BCUT2D eigenvalue weighted by atomic mass is 9.96. The van der Waals surface area contributed by atoms with Crippen LogP contribution in [0.2, 0.25) is 0 Å². The van der Waals surface area contributed by atoms with Gasteiger partial charge in [0.25, 0.3) is 0 Å². The maximum absolute atomic E-state index is 13.1. The second-order valence-electron chi connectivity index (χ2n) is 7.60. The van der Waals surface area contributed by atoms with Gasteiger partial charge in [-0.25, -0.2) is 4.39 Å². The molecule has 0 bridgehead atoms. The molecule has 6 nitrogen and oxygen atoms in total. The molecule has 156 valence electrons. The normalized spacial score (nSPS) is 15.2. The zero-order valence-corrected chi connectivity index (χ0v) is 16.8. The van der Waals surface area contributed by atoms with Crippen molar-refractivity contribution in [3.63, 3.8) is 0 Å². The highest BCUT2D eigenvalue weighted by Crippen LogP contribution is 2.21. The number of halogens is 1. The fourth-order valence-corrected chi connectivity index (χ4v) is 3.70. The molecule has 0 saturated carbocycles. The Morgan fingerprint density at radius 2 is 1.83 bits per heavy atom. The van der Waals surface area contributed by atoms with Crippen molar-refractivity contribution in [3.05, 3.63) is 71.9 Å². The highest BCUT2D eigenvalue weighted by atomic mass is 19.1. The topological polar surface area (TPSA) is 71.3 Å². The second-order valence-corrected chi connectivity index (χ2v) is 7.60. The molecule has 4 rings (SSSR count). The predicted molar refractivity (Wildman–Crippen MR) is 111 cm³/mol. The van der Waals surface area contributed by atoms with E-state index in [4.69, 9.17) is 4.52 Å². The number of aromatic nitrogens is 2. The maximum Gasteiger partial charge on any atom is 0.241 e. The number of amides is 1. The molecule has 7 heteroatoms. The van der Waals surface area contributed by atoms with Crippen molar-refractivity contribution in [1.29, 1.82) is 0 Å². The Hall–Kier alpha value is -3.06. The van der Waals surface area contributed by atoms with E-state index in [1.165, 1.54) is 17.7 Å². The standard InChI is InChI=1S/C23H25FN4O2/c24-20-8-6-18(7-9-20)22-26-21(30-27-22)16-28-14-11-19(12-15-28)23(29)25-13-10-17-4-2-1-3-5-17/h1-9,19H,10-16H2,(H,25,29). The van der Waals surface area contributed by atoms with Crippen LogP contribution in [0.5, 0.6) is 0 Å². The molecule has 1 saturated heterocycles. The third-order valence-electron chi connectivity index (χ3n) is 5.44. The van der Waals surface area contributed by atoms with Gasteiger partial charge in [-0.05, 0) is 62.2 Å². The summed E-state index contributed by atoms with van der Waals surface area (Å²) in [5, 5.41) is 7.05. The summed E-state index contributed by atoms with van der Waals surface area (Å²) in [6.45, 7) is 2.84. The summed E-state index contributed by atoms with van der Waals surface area (Å²) in [7, 11) is 0. The first-order chi connectivity index (χ1) is 14.7. The van der Waals surface area contributed by atoms with E-state index in [9.17, 15) is 9.18 Å². The quantitative estimate of drug-likeness (QED) is 0.648. The Morgan fingerprint density at radius 1 is 1.10 bits per heavy atom. The summed E-state index contributed by atoms with van der Waals surface area (Å²) < 4.78 is 18.4. The van der Waals surface area contributed by atoms with Crippen molar-refractivity contribution in [3.8, 4) is 11.4 Å². The molecule has 1 aliphatic rings. The van der Waals surface area contributed by atoms with Crippen LogP contribution in [0.1, 0.15) is 24.3 Å². The van der Waals surface area contributed by atoms with E-state index in [1.807, 2.05) is 18.2 Å². The van der Waals surface area contributed by atoms with Crippen LogP contribution < -0.4 is 5.32 Å². The lowest BCUT2D eigenvalue weighted by molar-refractivity contribution is -0.126. The molecule has 0 unspecified atom stereocenters. The van der Waals surface area contributed by atoms with Crippen LogP contribution >= 0.6 is 0 Å². The number of nitrogens with one attached hydrogen (secondary N) is 1. The summed E-state index contributed by atoms with van der Waals surface area (Å²) in [4.78, 5) is 19.1. The summed E-state index contributed by atoms with van der Waals surface area (Å²) in [6, 6.07) is 16.2. The molecular formula is C23H25FN4O2. The van der Waals surface area contributed by atoms with Gasteiger partial charge in [0.05, 0.1) is 6.54 Å². The maximum atomic E-state index is 13.1. The van der Waals surface area contributed by atoms with Crippen molar-refractivity contribution < 1.29 is 13.7 Å². The lowest BCUT2D eigenvalue weighted by Crippen LogP contribution is -2.40. The minimum absolute atomic E-state index is 0.0504. The number of hydrogen-bond acceptors (Lipinski definition) is 5. The van der Waals surface area contributed by atoms with Gasteiger partial charge in [-0.3, -0.25) is 9.69 Å². The molecule has 1 aliphatic heterocycles.